The van der Waals surface area contributed by atoms with Crippen molar-refractivity contribution in [1.82, 2.24) is 0 Å². The van der Waals surface area contributed by atoms with Crippen molar-refractivity contribution in [3.05, 3.63) is 0 Å². The molecule has 0 bridgehead atoms. The molecule has 0 heterocycles. The van der Waals surface area contributed by atoms with Crippen LogP contribution in [0.3, 0.4) is 0 Å². The lowest BCUT2D eigenvalue weighted by Crippen LogP contribution is -1.50. The number of nitrogens with one attached hydrogen (secondary N) is 1. The van der Waals surface area contributed by atoms with Crippen LogP contribution in [0.4, 0.5) is 0 Å². The Kier molecular flexibility index (Phi) is 1.95. The zero-order valence-corrected chi connectivity index (χ0v) is 4.41. The summed E-state index contributed by atoms with van der Waals surface area (Å²) in [7, 11) is 4.24. The Hall–Kier alpha value is 0.460. The third-order valence-electron chi connectivity index (χ3n) is 0. The van der Waals surface area contributed by atoms with Crippen molar-refractivity contribution in [3.8, 4) is 0 Å². The first-order valence-corrected chi connectivity index (χ1v) is 1.77. The Balaban J connectivity index is 2.80. The molecule has 4 heavy (non-hydrogen) atoms. The van der Waals surface area contributed by atoms with Crippen LogP contribution in [-0.2, 0) is 0 Å². The summed E-state index contributed by atoms with van der Waals surface area (Å²) in [5, 5.41) is 0. The van der Waals surface area contributed by atoms with E-state index >= 15 is 0 Å². The van der Waals surface area contributed by atoms with Gasteiger partial charge in [-0.05, 0) is 0 Å². The highest BCUT2D eigenvalue weighted by molar-refractivity contribution is 7.21. The zero-order valence-electron chi connectivity index (χ0n) is 2.10. The van der Waals surface area contributed by atoms with Gasteiger partial charge >= 0.3 is 0 Å². The fourth-order valence-corrected chi connectivity index (χ4v) is 0. The van der Waals surface area contributed by atoms with Crippen LogP contribution >= 0.6 is 18.8 Å². The second-order valence-corrected chi connectivity index (χ2v) is 2.12. The zero-order chi connectivity index (χ0) is 3.58. The summed E-state index contributed by atoms with van der Waals surface area (Å²) in [6.07, 6.45) is 0. The van der Waals surface area contributed by atoms with E-state index in [4.69, 9.17) is 5.53 Å². The highest BCUT2D eigenvalue weighted by Gasteiger charge is 1.60. The lowest BCUT2D eigenvalue weighted by atomic mass is 13.2. The van der Waals surface area contributed by atoms with E-state index in [1.54, 1.807) is 0 Å². The van der Waals surface area contributed by atoms with Crippen molar-refractivity contribution >= 4 is 18.8 Å². The first-order valence-electron chi connectivity index (χ1n) is 0.740. The van der Waals surface area contributed by atoms with Gasteiger partial charge in [-0.3, -0.25) is 0 Å². The molecule has 0 amide bonds. The molecule has 2 atom stereocenters. The lowest BCUT2D eigenvalue weighted by molar-refractivity contribution is -0.265. The van der Waals surface area contributed by atoms with E-state index in [-0.39, 0.29) is 0 Å². The maximum Gasteiger partial charge on any atom is 0.181 e. The molecule has 0 radical (unpaired) electrons. The third kappa shape index (κ3) is 24.8. The van der Waals surface area contributed by atoms with Gasteiger partial charge in [0.1, 0.15) is 0 Å². The molecule has 1 N–H and O–H groups in total. The van der Waals surface area contributed by atoms with Gasteiger partial charge in [0.15, 0.2) is 18.8 Å². The van der Waals surface area contributed by atoms with Crippen molar-refractivity contribution in [3.63, 3.8) is 0 Å². The minimum Gasteiger partial charge on any atom is -0.111 e. The van der Waals surface area contributed by atoms with Gasteiger partial charge < -0.3 is 0 Å². The van der Waals surface area contributed by atoms with Crippen molar-refractivity contribution in [1.29, 1.82) is 5.53 Å². The Labute approximate surface area is 29.6 Å². The molecule has 24 valence electrons. The Morgan fingerprint density at radius 2 is 1.50 bits per heavy atom. The molecular formula is H5N2P2+. The lowest BCUT2D eigenvalue weighted by Gasteiger charge is -1.58. The maximum atomic E-state index is 6.34. The fraction of sp³-hybridized carbons (Fsp3) is 0. The molecule has 0 spiro atoms. The standard InChI is InChI=1S/H5N2P2/c1-2(3)4/h1H,3-4H2/q+1. The summed E-state index contributed by atoms with van der Waals surface area (Å²) in [6.45, 7) is 0. The summed E-state index contributed by atoms with van der Waals surface area (Å²) in [5.41, 5.74) is 6.34. The molecule has 0 saturated carbocycles. The Morgan fingerprint density at radius 3 is 1.50 bits per heavy atom. The highest BCUT2D eigenvalue weighted by Crippen LogP contribution is 1.89. The first-order chi connectivity index (χ1) is 1.73. The minimum atomic E-state index is 1.08. The number of hydrogen-bond donors (Lipinski definition) is 1. The largest absolute Gasteiger partial charge is 0.181 e. The maximum absolute atomic E-state index is 6.34. The monoisotopic (exact) mass is 95.0 g/mol. The van der Waals surface area contributed by atoms with E-state index < -0.39 is 0 Å². The number of nitrogens with zero attached hydrogens (tertiary/aromatic N) is 1. The molecule has 2 nitrogen and oxygen atoms in total. The summed E-state index contributed by atoms with van der Waals surface area (Å²) in [5.74, 6) is 0. The van der Waals surface area contributed by atoms with Crippen LogP contribution in [-0.4, -0.2) is 4.24 Å². The van der Waals surface area contributed by atoms with Gasteiger partial charge in [0.25, 0.3) is 0 Å². The fourth-order valence-electron chi connectivity index (χ4n) is 0. The second-order valence-electron chi connectivity index (χ2n) is 0.407. The molecule has 2 unspecified atom stereocenters. The van der Waals surface area contributed by atoms with Crippen LogP contribution in [0.15, 0.2) is 0 Å². The molecule has 0 aromatic heterocycles. The SMILES string of the molecule is N=[N+](P)P. The average molecular weight is 95.0 g/mol. The second kappa shape index (κ2) is 1.75. The molecule has 0 aliphatic carbocycles. The van der Waals surface area contributed by atoms with Crippen molar-refractivity contribution in [2.75, 3.05) is 0 Å². The van der Waals surface area contributed by atoms with E-state index in [1.807, 2.05) is 0 Å². The smallest absolute Gasteiger partial charge is 0.111 e. The molecular weight excluding hydrogens is 90.0 g/mol. The van der Waals surface area contributed by atoms with Crippen LogP contribution in [0.25, 0.3) is 0 Å². The van der Waals surface area contributed by atoms with E-state index in [1.165, 1.54) is 0 Å². The van der Waals surface area contributed by atoms with Crippen LogP contribution in [0.2, 0.25) is 0 Å². The average Bonchev–Trinajstić information content (AvgIpc) is 0.811. The highest BCUT2D eigenvalue weighted by atomic mass is 31.1. The normalized spacial score (nSPS) is 6.50. The molecule has 0 aromatic carbocycles. The van der Waals surface area contributed by atoms with Crippen LogP contribution in [0.5, 0.6) is 0 Å². The van der Waals surface area contributed by atoms with Crippen molar-refractivity contribution in [2.24, 2.45) is 0 Å². The quantitative estimate of drug-likeness (QED) is 0.337. The molecule has 0 rings (SSSR count). The van der Waals surface area contributed by atoms with Crippen molar-refractivity contribution in [2.45, 2.75) is 0 Å². The predicted octanol–water partition coefficient (Wildman–Crippen LogP) is 0.610. The molecule has 4 heteroatoms. The summed E-state index contributed by atoms with van der Waals surface area (Å²) >= 11 is 0. The summed E-state index contributed by atoms with van der Waals surface area (Å²) < 4.78 is 1.08. The third-order valence-corrected chi connectivity index (χ3v) is 0. The Morgan fingerprint density at radius 1 is 1.50 bits per heavy atom. The van der Waals surface area contributed by atoms with E-state index in [0.717, 1.165) is 4.24 Å². The molecule has 0 aliphatic heterocycles. The van der Waals surface area contributed by atoms with Gasteiger partial charge in [0.2, 0.25) is 0 Å². The van der Waals surface area contributed by atoms with Gasteiger partial charge in [0.05, 0.1) is 0 Å². The molecule has 0 aromatic rings. The molecule has 0 aliphatic rings. The van der Waals surface area contributed by atoms with Crippen LogP contribution in [0.1, 0.15) is 0 Å². The number of hydrogen-bond acceptors (Lipinski definition) is 1. The van der Waals surface area contributed by atoms with Gasteiger partial charge in [-0.25, -0.2) is 0 Å². The van der Waals surface area contributed by atoms with Crippen LogP contribution < -0.4 is 0 Å². The van der Waals surface area contributed by atoms with E-state index in [0.29, 0.717) is 0 Å². The summed E-state index contributed by atoms with van der Waals surface area (Å²) in [4.78, 5) is 0. The topological polar surface area (TPSA) is 26.9 Å². The van der Waals surface area contributed by atoms with E-state index in [9.17, 15) is 0 Å². The minimum absolute atomic E-state index is 1.08. The molecule has 0 fully saturated rings. The molecule has 0 saturated heterocycles. The van der Waals surface area contributed by atoms with Gasteiger partial charge in [0, 0.05) is 0 Å². The summed E-state index contributed by atoms with van der Waals surface area (Å²) in [6, 6.07) is 0. The van der Waals surface area contributed by atoms with Crippen molar-refractivity contribution < 1.29 is 4.24 Å². The first kappa shape index (κ1) is 4.46. The Bertz CT molecular complexity index is 27.0. The van der Waals surface area contributed by atoms with Gasteiger partial charge in [-0.15, -0.1) is 4.24 Å². The van der Waals surface area contributed by atoms with Gasteiger partial charge in [-0.2, -0.15) is 0 Å². The number of rotatable bonds is 0. The van der Waals surface area contributed by atoms with E-state index in [2.05, 4.69) is 18.8 Å². The van der Waals surface area contributed by atoms with Crippen LogP contribution in [0, 0.1) is 5.53 Å². The predicted molar refractivity (Wildman–Crippen MR) is 22.4 cm³/mol. The van der Waals surface area contributed by atoms with Gasteiger partial charge in [-0.1, -0.05) is 5.53 Å².